The Bertz CT molecular complexity index is 487. The number of amides is 1. The van der Waals surface area contributed by atoms with E-state index >= 15 is 0 Å². The first-order valence-electron chi connectivity index (χ1n) is 7.29. The summed E-state index contributed by atoms with van der Waals surface area (Å²) in [6.45, 7) is 4.12. The molecule has 0 atom stereocenters. The van der Waals surface area contributed by atoms with E-state index in [1.165, 1.54) is 0 Å². The maximum Gasteiger partial charge on any atom is 0.269 e. The van der Waals surface area contributed by atoms with Gasteiger partial charge in [-0.15, -0.1) is 0 Å². The summed E-state index contributed by atoms with van der Waals surface area (Å²) in [4.78, 5) is 17.9. The molecular formula is C15H23N3O3. The standard InChI is InChI=1S/C15H23N3O3/c1-3-16-14(19)13-10-12(4-7-17-13)18(2)11-15(20)5-8-21-9-6-15/h4,7,10,20H,3,5-6,8-9,11H2,1-2H3,(H,16,19). The lowest BCUT2D eigenvalue weighted by molar-refractivity contribution is -0.0572. The molecule has 1 fully saturated rings. The first kappa shape index (κ1) is 15.7. The number of pyridine rings is 1. The molecule has 116 valence electrons. The highest BCUT2D eigenvalue weighted by molar-refractivity contribution is 5.93. The normalized spacial score (nSPS) is 17.3. The molecule has 0 spiro atoms. The molecule has 2 N–H and O–H groups in total. The van der Waals surface area contributed by atoms with Crippen molar-refractivity contribution in [3.8, 4) is 0 Å². The number of carbonyl (C=O) groups is 1. The van der Waals surface area contributed by atoms with Crippen molar-refractivity contribution in [3.05, 3.63) is 24.0 Å². The van der Waals surface area contributed by atoms with Gasteiger partial charge in [0, 0.05) is 58.1 Å². The number of ether oxygens (including phenoxy) is 1. The Kier molecular flexibility index (Phi) is 5.14. The van der Waals surface area contributed by atoms with Crippen LogP contribution >= 0.6 is 0 Å². The van der Waals surface area contributed by atoms with Gasteiger partial charge >= 0.3 is 0 Å². The fourth-order valence-electron chi connectivity index (χ4n) is 2.47. The highest BCUT2D eigenvalue weighted by Crippen LogP contribution is 2.24. The van der Waals surface area contributed by atoms with E-state index in [0.29, 0.717) is 44.8 Å². The van der Waals surface area contributed by atoms with E-state index in [1.54, 1.807) is 12.3 Å². The molecule has 1 aliphatic rings. The van der Waals surface area contributed by atoms with Gasteiger partial charge in [-0.05, 0) is 19.1 Å². The summed E-state index contributed by atoms with van der Waals surface area (Å²) >= 11 is 0. The van der Waals surface area contributed by atoms with Crippen LogP contribution in [0.1, 0.15) is 30.3 Å². The number of aromatic nitrogens is 1. The third-order valence-corrected chi connectivity index (χ3v) is 3.71. The summed E-state index contributed by atoms with van der Waals surface area (Å²) in [5, 5.41) is 13.3. The zero-order valence-electron chi connectivity index (χ0n) is 12.6. The zero-order chi connectivity index (χ0) is 15.3. The fraction of sp³-hybridized carbons (Fsp3) is 0.600. The third-order valence-electron chi connectivity index (χ3n) is 3.71. The number of nitrogens with one attached hydrogen (secondary N) is 1. The van der Waals surface area contributed by atoms with E-state index < -0.39 is 5.60 Å². The average Bonchev–Trinajstić information content (AvgIpc) is 2.48. The third kappa shape index (κ3) is 4.15. The number of anilines is 1. The summed E-state index contributed by atoms with van der Waals surface area (Å²) in [6.07, 6.45) is 2.88. The van der Waals surface area contributed by atoms with Gasteiger partial charge in [0.1, 0.15) is 5.69 Å². The molecule has 0 unspecified atom stereocenters. The van der Waals surface area contributed by atoms with Crippen molar-refractivity contribution in [1.29, 1.82) is 0 Å². The summed E-state index contributed by atoms with van der Waals surface area (Å²) in [6, 6.07) is 3.58. The van der Waals surface area contributed by atoms with Crippen molar-refractivity contribution < 1.29 is 14.6 Å². The maximum atomic E-state index is 11.8. The van der Waals surface area contributed by atoms with Crippen LogP contribution in [0.5, 0.6) is 0 Å². The molecule has 0 saturated carbocycles. The minimum atomic E-state index is -0.734. The first-order valence-corrected chi connectivity index (χ1v) is 7.29. The summed E-state index contributed by atoms with van der Waals surface area (Å²) in [5.74, 6) is -0.183. The van der Waals surface area contributed by atoms with Gasteiger partial charge in [0.25, 0.3) is 5.91 Å². The lowest BCUT2D eigenvalue weighted by Crippen LogP contribution is -2.45. The van der Waals surface area contributed by atoms with Crippen LogP contribution in [0.2, 0.25) is 0 Å². The van der Waals surface area contributed by atoms with Crippen LogP contribution in [0, 0.1) is 0 Å². The summed E-state index contributed by atoms with van der Waals surface area (Å²) in [7, 11) is 1.91. The van der Waals surface area contributed by atoms with Crippen molar-refractivity contribution in [2.24, 2.45) is 0 Å². The van der Waals surface area contributed by atoms with E-state index in [0.717, 1.165) is 5.69 Å². The number of likely N-dealkylation sites (N-methyl/N-ethyl adjacent to an activating group) is 1. The van der Waals surface area contributed by atoms with Crippen LogP contribution in [-0.2, 0) is 4.74 Å². The molecule has 1 amide bonds. The molecule has 6 heteroatoms. The van der Waals surface area contributed by atoms with Gasteiger partial charge in [0.15, 0.2) is 0 Å². The van der Waals surface area contributed by atoms with Crippen molar-refractivity contribution in [1.82, 2.24) is 10.3 Å². The van der Waals surface area contributed by atoms with Gasteiger partial charge in [-0.2, -0.15) is 0 Å². The number of nitrogens with zero attached hydrogens (tertiary/aromatic N) is 2. The van der Waals surface area contributed by atoms with E-state index in [1.807, 2.05) is 24.9 Å². The van der Waals surface area contributed by atoms with Crippen molar-refractivity contribution in [2.45, 2.75) is 25.4 Å². The number of hydrogen-bond donors (Lipinski definition) is 2. The molecule has 2 rings (SSSR count). The zero-order valence-corrected chi connectivity index (χ0v) is 12.6. The molecule has 0 radical (unpaired) electrons. The molecule has 6 nitrogen and oxygen atoms in total. The summed E-state index contributed by atoms with van der Waals surface area (Å²) in [5.41, 5.74) is 0.522. The lowest BCUT2D eigenvalue weighted by atomic mass is 9.94. The smallest absolute Gasteiger partial charge is 0.269 e. The highest BCUT2D eigenvalue weighted by atomic mass is 16.5. The SMILES string of the molecule is CCNC(=O)c1cc(N(C)CC2(O)CCOCC2)ccn1. The van der Waals surface area contributed by atoms with E-state index in [9.17, 15) is 9.90 Å². The minimum Gasteiger partial charge on any atom is -0.388 e. The van der Waals surface area contributed by atoms with Crippen LogP contribution in [-0.4, -0.2) is 54.9 Å². The second-order valence-electron chi connectivity index (χ2n) is 5.45. The predicted molar refractivity (Wildman–Crippen MR) is 80.5 cm³/mol. The molecule has 21 heavy (non-hydrogen) atoms. The average molecular weight is 293 g/mol. The topological polar surface area (TPSA) is 74.7 Å². The molecule has 2 heterocycles. The van der Waals surface area contributed by atoms with Gasteiger partial charge in [-0.25, -0.2) is 0 Å². The monoisotopic (exact) mass is 293 g/mol. The maximum absolute atomic E-state index is 11.8. The number of carbonyl (C=O) groups excluding carboxylic acids is 1. The Morgan fingerprint density at radius 2 is 2.24 bits per heavy atom. The number of hydrogen-bond acceptors (Lipinski definition) is 5. The Hall–Kier alpha value is -1.66. The van der Waals surface area contributed by atoms with Crippen LogP contribution in [0.15, 0.2) is 18.3 Å². The first-order chi connectivity index (χ1) is 10.0. The largest absolute Gasteiger partial charge is 0.388 e. The van der Waals surface area contributed by atoms with Crippen molar-refractivity contribution in [2.75, 3.05) is 38.3 Å². The number of rotatable bonds is 5. The fourth-order valence-corrected chi connectivity index (χ4v) is 2.47. The molecule has 0 bridgehead atoms. The van der Waals surface area contributed by atoms with E-state index in [2.05, 4.69) is 10.3 Å². The van der Waals surface area contributed by atoms with Crippen LogP contribution < -0.4 is 10.2 Å². The molecule has 0 aliphatic carbocycles. The van der Waals surface area contributed by atoms with Gasteiger partial charge in [0.2, 0.25) is 0 Å². The van der Waals surface area contributed by atoms with E-state index in [-0.39, 0.29) is 5.91 Å². The molecule has 0 aromatic carbocycles. The predicted octanol–water partition coefficient (Wildman–Crippen LogP) is 0.809. The highest BCUT2D eigenvalue weighted by Gasteiger charge is 2.31. The van der Waals surface area contributed by atoms with Crippen LogP contribution in [0.4, 0.5) is 5.69 Å². The Morgan fingerprint density at radius 1 is 1.52 bits per heavy atom. The van der Waals surface area contributed by atoms with Gasteiger partial charge < -0.3 is 20.1 Å². The lowest BCUT2D eigenvalue weighted by Gasteiger charge is -2.36. The molecule has 1 aromatic rings. The van der Waals surface area contributed by atoms with Gasteiger partial charge in [-0.1, -0.05) is 0 Å². The Balaban J connectivity index is 2.06. The number of aliphatic hydroxyl groups is 1. The second kappa shape index (κ2) is 6.87. The van der Waals surface area contributed by atoms with Crippen molar-refractivity contribution in [3.63, 3.8) is 0 Å². The van der Waals surface area contributed by atoms with Gasteiger partial charge in [-0.3, -0.25) is 9.78 Å². The molecule has 1 aliphatic heterocycles. The van der Waals surface area contributed by atoms with Crippen LogP contribution in [0.3, 0.4) is 0 Å². The summed E-state index contributed by atoms with van der Waals surface area (Å²) < 4.78 is 5.29. The Labute approximate surface area is 125 Å². The molecule has 1 saturated heterocycles. The van der Waals surface area contributed by atoms with E-state index in [4.69, 9.17) is 4.74 Å². The molecule has 1 aromatic heterocycles. The van der Waals surface area contributed by atoms with Crippen molar-refractivity contribution >= 4 is 11.6 Å². The Morgan fingerprint density at radius 3 is 2.90 bits per heavy atom. The second-order valence-corrected chi connectivity index (χ2v) is 5.45. The van der Waals surface area contributed by atoms with Crippen LogP contribution in [0.25, 0.3) is 0 Å². The molecular weight excluding hydrogens is 270 g/mol. The minimum absolute atomic E-state index is 0.183. The quantitative estimate of drug-likeness (QED) is 0.840. The van der Waals surface area contributed by atoms with Gasteiger partial charge in [0.05, 0.1) is 5.60 Å².